The quantitative estimate of drug-likeness (QED) is 0.916. The van der Waals surface area contributed by atoms with Gasteiger partial charge < -0.3 is 9.88 Å². The smallest absolute Gasteiger partial charge is 0.254 e. The van der Waals surface area contributed by atoms with E-state index < -0.39 is 0 Å². The number of imidazole rings is 1. The minimum absolute atomic E-state index is 0.0108. The van der Waals surface area contributed by atoms with Crippen LogP contribution < -0.4 is 0 Å². The lowest BCUT2D eigenvalue weighted by Gasteiger charge is -2.38. The summed E-state index contributed by atoms with van der Waals surface area (Å²) in [6.07, 6.45) is 3.53. The molecule has 1 fully saturated rings. The molecule has 0 spiro atoms. The minimum atomic E-state index is 0.0108. The Morgan fingerprint density at radius 1 is 1.43 bits per heavy atom. The third-order valence-corrected chi connectivity index (χ3v) is 4.36. The Kier molecular flexibility index (Phi) is 4.13. The molecule has 6 heteroatoms. The van der Waals surface area contributed by atoms with Crippen molar-refractivity contribution in [2.24, 2.45) is 0 Å². The number of carbonyl (C=O) groups excluding carboxylic acids is 1. The molecule has 6 nitrogen and oxygen atoms in total. The molecule has 0 radical (unpaired) electrons. The topological polar surface area (TPSA) is 76.0 Å². The van der Waals surface area contributed by atoms with Crippen molar-refractivity contribution in [3.63, 3.8) is 0 Å². The van der Waals surface area contributed by atoms with Crippen LogP contribution in [0.5, 0.6) is 0 Å². The predicted molar refractivity (Wildman–Crippen MR) is 85.8 cm³/mol. The van der Waals surface area contributed by atoms with Crippen LogP contribution in [0.3, 0.4) is 0 Å². The van der Waals surface area contributed by atoms with Crippen LogP contribution in [0.1, 0.15) is 33.4 Å². The first-order valence-corrected chi connectivity index (χ1v) is 7.59. The molecule has 1 amide bonds. The number of hydrogen-bond donors (Lipinski definition) is 1. The zero-order valence-electron chi connectivity index (χ0n) is 13.3. The number of H-pyrrole nitrogens is 1. The summed E-state index contributed by atoms with van der Waals surface area (Å²) >= 11 is 0. The summed E-state index contributed by atoms with van der Waals surface area (Å²) in [6.45, 7) is 3.95. The number of benzene rings is 1. The maximum absolute atomic E-state index is 12.8. The van der Waals surface area contributed by atoms with Crippen molar-refractivity contribution in [3.05, 3.63) is 53.1 Å². The van der Waals surface area contributed by atoms with E-state index in [0.717, 1.165) is 17.9 Å². The Bertz CT molecular complexity index is 747. The van der Waals surface area contributed by atoms with Gasteiger partial charge in [-0.1, -0.05) is 0 Å². The first-order valence-electron chi connectivity index (χ1n) is 7.59. The molecule has 2 heterocycles. The second kappa shape index (κ2) is 6.23. The lowest BCUT2D eigenvalue weighted by molar-refractivity contribution is 0.0534. The van der Waals surface area contributed by atoms with Gasteiger partial charge in [0, 0.05) is 37.6 Å². The van der Waals surface area contributed by atoms with Gasteiger partial charge in [-0.2, -0.15) is 5.26 Å². The van der Waals surface area contributed by atoms with E-state index in [1.165, 1.54) is 0 Å². The summed E-state index contributed by atoms with van der Waals surface area (Å²) in [5.41, 5.74) is 2.07. The molecule has 118 valence electrons. The molecule has 1 unspecified atom stereocenters. The highest BCUT2D eigenvalue weighted by atomic mass is 16.2. The van der Waals surface area contributed by atoms with Crippen molar-refractivity contribution in [2.45, 2.75) is 13.0 Å². The molecule has 1 atom stereocenters. The summed E-state index contributed by atoms with van der Waals surface area (Å²) in [5.74, 6) is 0.887. The fourth-order valence-electron chi connectivity index (χ4n) is 2.96. The van der Waals surface area contributed by atoms with Crippen LogP contribution in [0.2, 0.25) is 0 Å². The normalized spacial score (nSPS) is 18.7. The fraction of sp³-hybridized carbons (Fsp3) is 0.353. The lowest BCUT2D eigenvalue weighted by atomic mass is 10.0. The Balaban J connectivity index is 1.81. The molecule has 23 heavy (non-hydrogen) atoms. The van der Waals surface area contributed by atoms with Crippen LogP contribution in [-0.4, -0.2) is 52.4 Å². The van der Waals surface area contributed by atoms with Crippen molar-refractivity contribution in [1.82, 2.24) is 19.8 Å². The lowest BCUT2D eigenvalue weighted by Crippen LogP contribution is -2.49. The SMILES string of the molecule is Cc1cc(C#N)ccc1C(=O)N1CCN(C)C(c2ncc[nH]2)C1. The maximum atomic E-state index is 12.8. The van der Waals surface area contributed by atoms with Gasteiger partial charge in [0.05, 0.1) is 17.7 Å². The van der Waals surface area contributed by atoms with Crippen LogP contribution in [0.4, 0.5) is 0 Å². The Morgan fingerprint density at radius 3 is 2.91 bits per heavy atom. The van der Waals surface area contributed by atoms with Gasteiger partial charge in [0.15, 0.2) is 0 Å². The number of amides is 1. The summed E-state index contributed by atoms with van der Waals surface area (Å²) in [5, 5.41) is 8.95. The van der Waals surface area contributed by atoms with E-state index >= 15 is 0 Å². The minimum Gasteiger partial charge on any atom is -0.347 e. The second-order valence-electron chi connectivity index (χ2n) is 5.86. The number of aromatic nitrogens is 2. The van der Waals surface area contributed by atoms with Crippen molar-refractivity contribution < 1.29 is 4.79 Å². The summed E-state index contributed by atoms with van der Waals surface area (Å²) < 4.78 is 0. The first-order chi connectivity index (χ1) is 11.1. The van der Waals surface area contributed by atoms with Crippen molar-refractivity contribution in [3.8, 4) is 6.07 Å². The number of likely N-dealkylation sites (N-methyl/N-ethyl adjacent to an activating group) is 1. The number of nitrogens with one attached hydrogen (secondary N) is 1. The number of nitrogens with zero attached hydrogens (tertiary/aromatic N) is 4. The van der Waals surface area contributed by atoms with Crippen LogP contribution >= 0.6 is 0 Å². The largest absolute Gasteiger partial charge is 0.347 e. The van der Waals surface area contributed by atoms with Gasteiger partial charge in [0.1, 0.15) is 5.82 Å². The molecule has 0 bridgehead atoms. The molecule has 0 saturated carbocycles. The van der Waals surface area contributed by atoms with Gasteiger partial charge in [-0.3, -0.25) is 9.69 Å². The number of rotatable bonds is 2. The number of piperazine rings is 1. The van der Waals surface area contributed by atoms with E-state index in [2.05, 4.69) is 20.9 Å². The maximum Gasteiger partial charge on any atom is 0.254 e. The van der Waals surface area contributed by atoms with Crippen molar-refractivity contribution >= 4 is 5.91 Å². The molecule has 0 aliphatic carbocycles. The molecule has 1 saturated heterocycles. The number of aromatic amines is 1. The summed E-state index contributed by atoms with van der Waals surface area (Å²) in [6, 6.07) is 7.37. The highest BCUT2D eigenvalue weighted by molar-refractivity contribution is 5.95. The zero-order chi connectivity index (χ0) is 16.4. The molecular weight excluding hydrogens is 290 g/mol. The summed E-state index contributed by atoms with van der Waals surface area (Å²) in [4.78, 5) is 24.4. The number of hydrogen-bond acceptors (Lipinski definition) is 4. The number of nitriles is 1. The van der Waals surface area contributed by atoms with Crippen LogP contribution in [0, 0.1) is 18.3 Å². The molecule has 1 aliphatic rings. The van der Waals surface area contributed by atoms with E-state index in [1.807, 2.05) is 18.9 Å². The van der Waals surface area contributed by atoms with Crippen LogP contribution in [-0.2, 0) is 0 Å². The van der Waals surface area contributed by atoms with Crippen LogP contribution in [0.25, 0.3) is 0 Å². The molecule has 1 aliphatic heterocycles. The van der Waals surface area contributed by atoms with Crippen molar-refractivity contribution in [1.29, 1.82) is 5.26 Å². The Hall–Kier alpha value is -2.65. The number of carbonyl (C=O) groups is 1. The van der Waals surface area contributed by atoms with E-state index in [9.17, 15) is 4.79 Å². The van der Waals surface area contributed by atoms with Gasteiger partial charge in [0.2, 0.25) is 0 Å². The van der Waals surface area contributed by atoms with Gasteiger partial charge >= 0.3 is 0 Å². The molecule has 3 rings (SSSR count). The average Bonchev–Trinajstić information content (AvgIpc) is 3.08. The van der Waals surface area contributed by atoms with E-state index in [1.54, 1.807) is 30.6 Å². The van der Waals surface area contributed by atoms with Gasteiger partial charge in [-0.05, 0) is 37.7 Å². The standard InChI is InChI=1S/C17H19N5O/c1-12-9-13(10-18)3-4-14(12)17(23)22-8-7-21(2)15(11-22)16-19-5-6-20-16/h3-6,9,15H,7-8,11H2,1-2H3,(H,19,20). The molecule has 2 aromatic rings. The van der Waals surface area contributed by atoms with Gasteiger partial charge in [-0.25, -0.2) is 4.98 Å². The van der Waals surface area contributed by atoms with E-state index in [4.69, 9.17) is 5.26 Å². The molecular formula is C17H19N5O. The molecule has 1 N–H and O–H groups in total. The molecule has 1 aromatic carbocycles. The van der Waals surface area contributed by atoms with Gasteiger partial charge in [0.25, 0.3) is 5.91 Å². The van der Waals surface area contributed by atoms with E-state index in [-0.39, 0.29) is 11.9 Å². The third-order valence-electron chi connectivity index (χ3n) is 4.36. The number of aryl methyl sites for hydroxylation is 1. The molecule has 1 aromatic heterocycles. The van der Waals surface area contributed by atoms with Crippen LogP contribution in [0.15, 0.2) is 30.6 Å². The first kappa shape index (κ1) is 15.3. The second-order valence-corrected chi connectivity index (χ2v) is 5.86. The highest BCUT2D eigenvalue weighted by Crippen LogP contribution is 2.23. The van der Waals surface area contributed by atoms with Crippen molar-refractivity contribution in [2.75, 3.05) is 26.7 Å². The predicted octanol–water partition coefficient (Wildman–Crippen LogP) is 1.72. The highest BCUT2D eigenvalue weighted by Gasteiger charge is 2.30. The Morgan fingerprint density at radius 2 is 2.26 bits per heavy atom. The van der Waals surface area contributed by atoms with E-state index in [0.29, 0.717) is 24.2 Å². The third kappa shape index (κ3) is 2.96. The fourth-order valence-corrected chi connectivity index (χ4v) is 2.96. The monoisotopic (exact) mass is 309 g/mol. The van der Waals surface area contributed by atoms with Gasteiger partial charge in [-0.15, -0.1) is 0 Å². The zero-order valence-corrected chi connectivity index (χ0v) is 13.3. The summed E-state index contributed by atoms with van der Waals surface area (Å²) in [7, 11) is 2.04. The Labute approximate surface area is 135 Å². The average molecular weight is 309 g/mol.